The molecule has 3 heteroatoms. The topological polar surface area (TPSA) is 46.2 Å². The van der Waals surface area contributed by atoms with Crippen LogP contribution >= 0.6 is 12.4 Å². The van der Waals surface area contributed by atoms with Crippen molar-refractivity contribution < 1.29 is 5.11 Å². The zero-order chi connectivity index (χ0) is 6.91. The third-order valence-electron chi connectivity index (χ3n) is 2.42. The molecule has 0 unspecified atom stereocenters. The summed E-state index contributed by atoms with van der Waals surface area (Å²) in [7, 11) is 0. The van der Waals surface area contributed by atoms with Crippen LogP contribution in [0.2, 0.25) is 0 Å². The first-order valence-corrected chi connectivity index (χ1v) is 3.56. The molecule has 62 valence electrons. The van der Waals surface area contributed by atoms with E-state index in [1.165, 1.54) is 6.42 Å². The molecule has 0 saturated heterocycles. The molecule has 0 heterocycles. The molecule has 1 aliphatic rings. The van der Waals surface area contributed by atoms with Crippen molar-refractivity contribution in [1.82, 2.24) is 0 Å². The smallest absolute Gasteiger partial charge is 0.0476 e. The maximum absolute atomic E-state index is 8.82. The SMILES string of the molecule is C[C@]1(N)CCC[C@H]1CO.Cl. The Morgan fingerprint density at radius 2 is 2.30 bits per heavy atom. The predicted molar refractivity (Wildman–Crippen MR) is 44.3 cm³/mol. The second kappa shape index (κ2) is 3.56. The third kappa shape index (κ3) is 1.84. The fraction of sp³-hybridized carbons (Fsp3) is 1.00. The van der Waals surface area contributed by atoms with E-state index in [0.29, 0.717) is 5.92 Å². The predicted octanol–water partition coefficient (Wildman–Crippen LogP) is 0.918. The van der Waals surface area contributed by atoms with Crippen LogP contribution in [0.1, 0.15) is 26.2 Å². The Hall–Kier alpha value is 0.210. The number of halogens is 1. The lowest BCUT2D eigenvalue weighted by Gasteiger charge is -2.24. The Morgan fingerprint density at radius 3 is 2.50 bits per heavy atom. The van der Waals surface area contributed by atoms with Crippen molar-refractivity contribution in [2.24, 2.45) is 11.7 Å². The standard InChI is InChI=1S/C7H15NO.ClH/c1-7(8)4-2-3-6(7)5-9;/h6,9H,2-5,8H2,1H3;1H/t6-,7-;/m0./s1. The summed E-state index contributed by atoms with van der Waals surface area (Å²) in [5, 5.41) is 8.82. The van der Waals surface area contributed by atoms with Gasteiger partial charge in [-0.05, 0) is 25.7 Å². The Morgan fingerprint density at radius 1 is 1.70 bits per heavy atom. The van der Waals surface area contributed by atoms with Gasteiger partial charge < -0.3 is 10.8 Å². The molecule has 0 spiro atoms. The summed E-state index contributed by atoms with van der Waals surface area (Å²) >= 11 is 0. The van der Waals surface area contributed by atoms with Crippen LogP contribution < -0.4 is 5.73 Å². The van der Waals surface area contributed by atoms with Gasteiger partial charge in [-0.25, -0.2) is 0 Å². The van der Waals surface area contributed by atoms with E-state index in [2.05, 4.69) is 0 Å². The lowest BCUT2D eigenvalue weighted by molar-refractivity contribution is 0.183. The van der Waals surface area contributed by atoms with Crippen molar-refractivity contribution in [3.05, 3.63) is 0 Å². The molecule has 0 radical (unpaired) electrons. The number of hydrogen-bond donors (Lipinski definition) is 2. The highest BCUT2D eigenvalue weighted by molar-refractivity contribution is 5.85. The lowest BCUT2D eigenvalue weighted by atomic mass is 9.91. The van der Waals surface area contributed by atoms with Gasteiger partial charge in [0.25, 0.3) is 0 Å². The van der Waals surface area contributed by atoms with E-state index in [1.807, 2.05) is 6.92 Å². The molecule has 0 aromatic carbocycles. The maximum atomic E-state index is 8.82. The molecule has 10 heavy (non-hydrogen) atoms. The molecule has 3 N–H and O–H groups in total. The van der Waals surface area contributed by atoms with E-state index in [1.54, 1.807) is 0 Å². The second-order valence-electron chi connectivity index (χ2n) is 3.28. The largest absolute Gasteiger partial charge is 0.396 e. The van der Waals surface area contributed by atoms with Crippen LogP contribution in [0.4, 0.5) is 0 Å². The fourth-order valence-corrected chi connectivity index (χ4v) is 1.56. The van der Waals surface area contributed by atoms with E-state index in [4.69, 9.17) is 10.8 Å². The van der Waals surface area contributed by atoms with Gasteiger partial charge in [-0.3, -0.25) is 0 Å². The summed E-state index contributed by atoms with van der Waals surface area (Å²) < 4.78 is 0. The van der Waals surface area contributed by atoms with Gasteiger partial charge in [-0.15, -0.1) is 12.4 Å². The quantitative estimate of drug-likeness (QED) is 0.607. The van der Waals surface area contributed by atoms with Gasteiger partial charge in [-0.1, -0.05) is 6.42 Å². The molecule has 2 atom stereocenters. The zero-order valence-electron chi connectivity index (χ0n) is 6.34. The number of aliphatic hydroxyl groups excluding tert-OH is 1. The molecule has 0 bridgehead atoms. The first-order valence-electron chi connectivity index (χ1n) is 3.56. The van der Waals surface area contributed by atoms with Crippen molar-refractivity contribution in [2.75, 3.05) is 6.61 Å². The summed E-state index contributed by atoms with van der Waals surface area (Å²) in [5.41, 5.74) is 5.78. The molecule has 1 fully saturated rings. The highest BCUT2D eigenvalue weighted by atomic mass is 35.5. The van der Waals surface area contributed by atoms with E-state index >= 15 is 0 Å². The highest BCUT2D eigenvalue weighted by Gasteiger charge is 2.34. The van der Waals surface area contributed by atoms with Crippen molar-refractivity contribution in [3.8, 4) is 0 Å². The molecule has 2 nitrogen and oxygen atoms in total. The number of aliphatic hydroxyl groups is 1. The van der Waals surface area contributed by atoms with Gasteiger partial charge in [0.2, 0.25) is 0 Å². The fourth-order valence-electron chi connectivity index (χ4n) is 1.56. The van der Waals surface area contributed by atoms with Gasteiger partial charge in [-0.2, -0.15) is 0 Å². The van der Waals surface area contributed by atoms with Gasteiger partial charge in [0, 0.05) is 12.1 Å². The average Bonchev–Trinajstić information content (AvgIpc) is 2.08. The molecule has 1 saturated carbocycles. The van der Waals surface area contributed by atoms with Crippen LogP contribution in [0.15, 0.2) is 0 Å². The summed E-state index contributed by atoms with van der Waals surface area (Å²) in [5.74, 6) is 0.345. The summed E-state index contributed by atoms with van der Waals surface area (Å²) in [6.07, 6.45) is 3.35. The summed E-state index contributed by atoms with van der Waals surface area (Å²) in [4.78, 5) is 0. The van der Waals surface area contributed by atoms with Crippen molar-refractivity contribution in [3.63, 3.8) is 0 Å². The van der Waals surface area contributed by atoms with Crippen molar-refractivity contribution >= 4 is 12.4 Å². The van der Waals surface area contributed by atoms with Crippen LogP contribution in [0.5, 0.6) is 0 Å². The molecule has 1 rings (SSSR count). The first kappa shape index (κ1) is 10.2. The Bertz CT molecular complexity index is 106. The first-order chi connectivity index (χ1) is 4.17. The Balaban J connectivity index is 0.000000810. The van der Waals surface area contributed by atoms with Gasteiger partial charge in [0.05, 0.1) is 0 Å². The minimum atomic E-state index is -0.0885. The number of rotatable bonds is 1. The Kier molecular flexibility index (Phi) is 3.63. The number of hydrogen-bond acceptors (Lipinski definition) is 2. The third-order valence-corrected chi connectivity index (χ3v) is 2.42. The summed E-state index contributed by atoms with van der Waals surface area (Å²) in [6, 6.07) is 0. The average molecular weight is 166 g/mol. The molecular formula is C7H16ClNO. The summed E-state index contributed by atoms with van der Waals surface area (Å²) in [6.45, 7) is 2.29. The van der Waals surface area contributed by atoms with Gasteiger partial charge >= 0.3 is 0 Å². The van der Waals surface area contributed by atoms with Crippen LogP contribution in [-0.2, 0) is 0 Å². The minimum absolute atomic E-state index is 0. The van der Waals surface area contributed by atoms with E-state index in [9.17, 15) is 0 Å². The van der Waals surface area contributed by atoms with Crippen LogP contribution in [-0.4, -0.2) is 17.3 Å². The molecule has 0 aliphatic heterocycles. The van der Waals surface area contributed by atoms with Crippen LogP contribution in [0.25, 0.3) is 0 Å². The van der Waals surface area contributed by atoms with E-state index in [-0.39, 0.29) is 24.6 Å². The van der Waals surface area contributed by atoms with Crippen LogP contribution in [0.3, 0.4) is 0 Å². The molecule has 0 amide bonds. The Labute approximate surface area is 68.2 Å². The lowest BCUT2D eigenvalue weighted by Crippen LogP contribution is -2.41. The van der Waals surface area contributed by atoms with Crippen LogP contribution in [0, 0.1) is 5.92 Å². The molecule has 0 aromatic heterocycles. The number of nitrogens with two attached hydrogens (primary N) is 1. The van der Waals surface area contributed by atoms with E-state index < -0.39 is 0 Å². The highest BCUT2D eigenvalue weighted by Crippen LogP contribution is 2.32. The minimum Gasteiger partial charge on any atom is -0.396 e. The van der Waals surface area contributed by atoms with Crippen molar-refractivity contribution in [1.29, 1.82) is 0 Å². The van der Waals surface area contributed by atoms with E-state index in [0.717, 1.165) is 12.8 Å². The van der Waals surface area contributed by atoms with Gasteiger partial charge in [0.15, 0.2) is 0 Å². The second-order valence-corrected chi connectivity index (χ2v) is 3.28. The molecule has 0 aromatic rings. The zero-order valence-corrected chi connectivity index (χ0v) is 7.16. The monoisotopic (exact) mass is 165 g/mol. The van der Waals surface area contributed by atoms with Crippen molar-refractivity contribution in [2.45, 2.75) is 31.7 Å². The molecule has 1 aliphatic carbocycles. The van der Waals surface area contributed by atoms with Gasteiger partial charge in [0.1, 0.15) is 0 Å². The maximum Gasteiger partial charge on any atom is 0.0476 e. The normalized spacial score (nSPS) is 39.3. The molecular weight excluding hydrogens is 150 g/mol.